The first-order valence-electron chi connectivity index (χ1n) is 6.27. The van der Waals surface area contributed by atoms with Crippen molar-refractivity contribution in [3.05, 3.63) is 46.1 Å². The maximum Gasteiger partial charge on any atom is 0.260 e. The molecule has 21 heavy (non-hydrogen) atoms. The van der Waals surface area contributed by atoms with Crippen LogP contribution in [0.3, 0.4) is 0 Å². The van der Waals surface area contributed by atoms with Crippen molar-refractivity contribution in [2.24, 2.45) is 0 Å². The van der Waals surface area contributed by atoms with Crippen LogP contribution in [0.5, 0.6) is 0 Å². The van der Waals surface area contributed by atoms with E-state index in [0.717, 1.165) is 5.56 Å². The van der Waals surface area contributed by atoms with Crippen LogP contribution in [0.1, 0.15) is 19.4 Å². The quantitative estimate of drug-likeness (QED) is 0.901. The fraction of sp³-hybridized carbons (Fsp3) is 0.308. The van der Waals surface area contributed by atoms with E-state index in [-0.39, 0.29) is 17.6 Å². The van der Waals surface area contributed by atoms with Crippen molar-refractivity contribution >= 4 is 33.2 Å². The van der Waals surface area contributed by atoms with Gasteiger partial charge in [-0.2, -0.15) is 9.40 Å². The van der Waals surface area contributed by atoms with E-state index in [0.29, 0.717) is 10.0 Å². The van der Waals surface area contributed by atoms with Gasteiger partial charge in [0.1, 0.15) is 0 Å². The second-order valence-corrected chi connectivity index (χ2v) is 7.49. The van der Waals surface area contributed by atoms with Gasteiger partial charge in [0, 0.05) is 12.6 Å². The van der Waals surface area contributed by atoms with E-state index in [1.165, 1.54) is 16.6 Å². The molecule has 0 bridgehead atoms. The first kappa shape index (κ1) is 16.3. The Hall–Kier alpha value is -1.08. The molecule has 0 aliphatic carbocycles. The Morgan fingerprint density at radius 2 is 1.95 bits per heavy atom. The molecule has 5 nitrogen and oxygen atoms in total. The summed E-state index contributed by atoms with van der Waals surface area (Å²) in [7, 11) is -3.64. The molecule has 0 fully saturated rings. The van der Waals surface area contributed by atoms with Crippen molar-refractivity contribution in [1.29, 1.82) is 0 Å². The van der Waals surface area contributed by atoms with Gasteiger partial charge in [-0.05, 0) is 37.6 Å². The maximum absolute atomic E-state index is 12.6. The summed E-state index contributed by atoms with van der Waals surface area (Å²) in [5, 5.41) is 7.09. The Labute approximate surface area is 133 Å². The molecule has 0 amide bonds. The highest BCUT2D eigenvalue weighted by atomic mass is 35.5. The number of halogens is 2. The van der Waals surface area contributed by atoms with Crippen LogP contribution < -0.4 is 0 Å². The second kappa shape index (κ2) is 6.36. The van der Waals surface area contributed by atoms with Crippen LogP contribution >= 0.6 is 23.2 Å². The van der Waals surface area contributed by atoms with Gasteiger partial charge in [-0.25, -0.2) is 8.42 Å². The molecule has 1 aromatic carbocycles. The van der Waals surface area contributed by atoms with Gasteiger partial charge in [0.2, 0.25) is 0 Å². The van der Waals surface area contributed by atoms with E-state index >= 15 is 0 Å². The third-order valence-electron chi connectivity index (χ3n) is 2.96. The van der Waals surface area contributed by atoms with E-state index < -0.39 is 10.0 Å². The van der Waals surface area contributed by atoms with E-state index in [9.17, 15) is 8.42 Å². The number of hydrogen-bond donors (Lipinski definition) is 1. The van der Waals surface area contributed by atoms with Crippen molar-refractivity contribution in [1.82, 2.24) is 14.5 Å². The average molecular weight is 348 g/mol. The lowest BCUT2D eigenvalue weighted by atomic mass is 10.2. The molecule has 2 rings (SSSR count). The first-order chi connectivity index (χ1) is 9.82. The Morgan fingerprint density at radius 1 is 1.24 bits per heavy atom. The number of H-pyrrole nitrogens is 1. The maximum atomic E-state index is 12.6. The molecule has 8 heteroatoms. The summed E-state index contributed by atoms with van der Waals surface area (Å²) in [5.74, 6) is 0. The summed E-state index contributed by atoms with van der Waals surface area (Å²) in [6.45, 7) is 3.83. The predicted molar refractivity (Wildman–Crippen MR) is 82.9 cm³/mol. The van der Waals surface area contributed by atoms with Crippen molar-refractivity contribution < 1.29 is 8.42 Å². The van der Waals surface area contributed by atoms with Gasteiger partial charge >= 0.3 is 0 Å². The lowest BCUT2D eigenvalue weighted by Crippen LogP contribution is -2.36. The van der Waals surface area contributed by atoms with Crippen LogP contribution in [0, 0.1) is 0 Å². The molecule has 0 saturated carbocycles. The largest absolute Gasteiger partial charge is 0.266 e. The predicted octanol–water partition coefficient (Wildman–Crippen LogP) is 3.32. The first-order valence-corrected chi connectivity index (χ1v) is 8.47. The molecule has 0 aliphatic rings. The van der Waals surface area contributed by atoms with Gasteiger partial charge < -0.3 is 0 Å². The number of rotatable bonds is 5. The molecule has 1 N–H and O–H groups in total. The fourth-order valence-electron chi connectivity index (χ4n) is 1.88. The topological polar surface area (TPSA) is 66.1 Å². The van der Waals surface area contributed by atoms with Crippen LogP contribution in [0.25, 0.3) is 0 Å². The second-order valence-electron chi connectivity index (χ2n) is 4.81. The van der Waals surface area contributed by atoms with Gasteiger partial charge in [-0.3, -0.25) is 5.10 Å². The fourth-order valence-corrected chi connectivity index (χ4v) is 3.72. The Bertz CT molecular complexity index is 715. The molecule has 1 heterocycles. The SMILES string of the molecule is CC(C)N(Cc1ccc(Cl)c(Cl)c1)S(=O)(=O)c1ccn[nH]1. The van der Waals surface area contributed by atoms with Crippen LogP contribution in [-0.4, -0.2) is 29.0 Å². The van der Waals surface area contributed by atoms with Gasteiger partial charge in [-0.1, -0.05) is 29.3 Å². The van der Waals surface area contributed by atoms with Crippen molar-refractivity contribution in [3.8, 4) is 0 Å². The van der Waals surface area contributed by atoms with Crippen LogP contribution in [-0.2, 0) is 16.6 Å². The molecule has 0 radical (unpaired) electrons. The van der Waals surface area contributed by atoms with E-state index in [1.807, 2.05) is 13.8 Å². The molecule has 0 saturated heterocycles. The highest BCUT2D eigenvalue weighted by Gasteiger charge is 2.28. The smallest absolute Gasteiger partial charge is 0.260 e. The highest BCUT2D eigenvalue weighted by molar-refractivity contribution is 7.89. The zero-order valence-corrected chi connectivity index (χ0v) is 13.9. The third-order valence-corrected chi connectivity index (χ3v) is 5.65. The zero-order valence-electron chi connectivity index (χ0n) is 11.5. The van der Waals surface area contributed by atoms with Crippen LogP contribution in [0.2, 0.25) is 10.0 Å². The lowest BCUT2D eigenvalue weighted by molar-refractivity contribution is 0.346. The molecule has 114 valence electrons. The minimum Gasteiger partial charge on any atom is -0.266 e. The molecule has 1 aromatic heterocycles. The number of sulfonamides is 1. The van der Waals surface area contributed by atoms with Crippen LogP contribution in [0.15, 0.2) is 35.5 Å². The minimum atomic E-state index is -3.64. The van der Waals surface area contributed by atoms with Crippen molar-refractivity contribution in [2.45, 2.75) is 31.5 Å². The molecule has 0 unspecified atom stereocenters. The van der Waals surface area contributed by atoms with Gasteiger partial charge in [0.05, 0.1) is 16.2 Å². The summed E-state index contributed by atoms with van der Waals surface area (Å²) in [4.78, 5) is 0. The van der Waals surface area contributed by atoms with Gasteiger partial charge in [0.15, 0.2) is 5.03 Å². The number of benzene rings is 1. The molecule has 2 aromatic rings. The van der Waals surface area contributed by atoms with E-state index in [4.69, 9.17) is 23.2 Å². The molecule has 0 aliphatic heterocycles. The van der Waals surface area contributed by atoms with Crippen molar-refractivity contribution in [2.75, 3.05) is 0 Å². The zero-order chi connectivity index (χ0) is 15.6. The number of nitrogens with one attached hydrogen (secondary N) is 1. The van der Waals surface area contributed by atoms with E-state index in [1.54, 1.807) is 18.2 Å². The molecular formula is C13H15Cl2N3O2S. The summed E-state index contributed by atoms with van der Waals surface area (Å²) >= 11 is 11.8. The molecule has 0 atom stereocenters. The lowest BCUT2D eigenvalue weighted by Gasteiger charge is -2.25. The summed E-state index contributed by atoms with van der Waals surface area (Å²) in [6, 6.07) is 6.29. The standard InChI is InChI=1S/C13H15Cl2N3O2S/c1-9(2)18(21(19,20)13-5-6-16-17-13)8-10-3-4-11(14)12(15)7-10/h3-7,9H,8H2,1-2H3,(H,16,17). The number of nitrogens with zero attached hydrogens (tertiary/aromatic N) is 2. The van der Waals surface area contributed by atoms with E-state index in [2.05, 4.69) is 10.2 Å². The Balaban J connectivity index is 2.34. The minimum absolute atomic E-state index is 0.0660. The highest BCUT2D eigenvalue weighted by Crippen LogP contribution is 2.25. The number of aromatic amines is 1. The monoisotopic (exact) mass is 347 g/mol. The number of aromatic nitrogens is 2. The molecular weight excluding hydrogens is 333 g/mol. The Kier molecular flexibility index (Phi) is 4.93. The van der Waals surface area contributed by atoms with Crippen LogP contribution in [0.4, 0.5) is 0 Å². The van der Waals surface area contributed by atoms with Gasteiger partial charge in [0.25, 0.3) is 10.0 Å². The summed E-state index contributed by atoms with van der Waals surface area (Å²) in [5.41, 5.74) is 0.765. The molecule has 0 spiro atoms. The summed E-state index contributed by atoms with van der Waals surface area (Å²) < 4.78 is 26.5. The normalized spacial score (nSPS) is 12.3. The Morgan fingerprint density at radius 3 is 2.48 bits per heavy atom. The summed E-state index contributed by atoms with van der Waals surface area (Å²) in [6.07, 6.45) is 1.41. The third kappa shape index (κ3) is 3.58. The number of hydrogen-bond acceptors (Lipinski definition) is 3. The average Bonchev–Trinajstić information content (AvgIpc) is 2.94. The van der Waals surface area contributed by atoms with Gasteiger partial charge in [-0.15, -0.1) is 0 Å². The van der Waals surface area contributed by atoms with Crippen molar-refractivity contribution in [3.63, 3.8) is 0 Å².